The van der Waals surface area contributed by atoms with Crippen LogP contribution in [0.2, 0.25) is 0 Å². The minimum Gasteiger partial charge on any atom is -0.507 e. The first-order chi connectivity index (χ1) is 12.3. The summed E-state index contributed by atoms with van der Waals surface area (Å²) < 4.78 is 5.29. The molecule has 0 aliphatic rings. The average Bonchev–Trinajstić information content (AvgIpc) is 2.60. The van der Waals surface area contributed by atoms with Gasteiger partial charge in [0.25, 0.3) is 0 Å². The van der Waals surface area contributed by atoms with Crippen molar-refractivity contribution in [1.29, 1.82) is 0 Å². The fourth-order valence-corrected chi connectivity index (χ4v) is 2.65. The first kappa shape index (κ1) is 19.4. The molecule has 2 aromatic rings. The lowest BCUT2D eigenvalue weighted by Crippen LogP contribution is -2.04. The summed E-state index contributed by atoms with van der Waals surface area (Å²) in [6, 6.07) is 7.72. The number of ether oxygens (including phenoxy) is 1. The van der Waals surface area contributed by atoms with Gasteiger partial charge in [0.1, 0.15) is 11.5 Å². The van der Waals surface area contributed by atoms with Gasteiger partial charge < -0.3 is 20.1 Å². The van der Waals surface area contributed by atoms with E-state index >= 15 is 0 Å². The molecule has 0 aromatic heterocycles. The monoisotopic (exact) mass is 356 g/mol. The molecule has 2 aromatic carbocycles. The number of phenols is 3. The number of carbonyl (C=O) groups excluding carboxylic acids is 1. The van der Waals surface area contributed by atoms with Crippen LogP contribution in [0.4, 0.5) is 0 Å². The molecule has 0 atom stereocenters. The van der Waals surface area contributed by atoms with Crippen LogP contribution in [0.15, 0.2) is 42.0 Å². The third kappa shape index (κ3) is 4.57. The molecule has 5 nitrogen and oxygen atoms in total. The predicted octanol–water partition coefficient (Wildman–Crippen LogP) is 4.14. The van der Waals surface area contributed by atoms with Gasteiger partial charge in [0.05, 0.1) is 12.7 Å². The first-order valence-corrected chi connectivity index (χ1v) is 8.39. The highest BCUT2D eigenvalue weighted by molar-refractivity contribution is 5.99. The van der Waals surface area contributed by atoms with Crippen molar-refractivity contribution < 1.29 is 24.9 Å². The van der Waals surface area contributed by atoms with Crippen molar-refractivity contribution in [3.05, 3.63) is 58.7 Å². The van der Waals surface area contributed by atoms with Crippen molar-refractivity contribution >= 4 is 5.78 Å². The average molecular weight is 356 g/mol. The molecule has 0 saturated carbocycles. The highest BCUT2D eigenvalue weighted by Crippen LogP contribution is 2.33. The van der Waals surface area contributed by atoms with Crippen molar-refractivity contribution in [2.75, 3.05) is 7.11 Å². The van der Waals surface area contributed by atoms with E-state index in [4.69, 9.17) is 4.74 Å². The van der Waals surface area contributed by atoms with Gasteiger partial charge in [-0.3, -0.25) is 4.79 Å². The Hall–Kier alpha value is -2.95. The number of Topliss-reactive ketones (excluding diaryl/α,β-unsaturated/α-hetero) is 1. The molecule has 2 rings (SSSR count). The Balaban J connectivity index is 2.21. The minimum atomic E-state index is -0.216. The Morgan fingerprint density at radius 2 is 1.81 bits per heavy atom. The van der Waals surface area contributed by atoms with Gasteiger partial charge in [0.15, 0.2) is 17.3 Å². The second kappa shape index (κ2) is 8.43. The number of aromatic hydroxyl groups is 3. The summed E-state index contributed by atoms with van der Waals surface area (Å²) in [6.45, 7) is 3.93. The molecular weight excluding hydrogens is 332 g/mol. The summed E-state index contributed by atoms with van der Waals surface area (Å²) >= 11 is 0. The highest BCUT2D eigenvalue weighted by Gasteiger charge is 2.18. The lowest BCUT2D eigenvalue weighted by Gasteiger charge is -2.13. The zero-order valence-electron chi connectivity index (χ0n) is 15.2. The van der Waals surface area contributed by atoms with Gasteiger partial charge in [-0.2, -0.15) is 0 Å². The largest absolute Gasteiger partial charge is 0.507 e. The van der Waals surface area contributed by atoms with Gasteiger partial charge in [-0.15, -0.1) is 0 Å². The molecule has 0 unspecified atom stereocenters. The van der Waals surface area contributed by atoms with Gasteiger partial charge in [-0.1, -0.05) is 17.7 Å². The van der Waals surface area contributed by atoms with Gasteiger partial charge in [-0.05, 0) is 56.5 Å². The molecule has 0 spiro atoms. The van der Waals surface area contributed by atoms with Crippen LogP contribution in [-0.2, 0) is 12.8 Å². The van der Waals surface area contributed by atoms with Crippen LogP contribution in [0, 0.1) is 0 Å². The second-order valence-corrected chi connectivity index (χ2v) is 6.37. The van der Waals surface area contributed by atoms with Crippen molar-refractivity contribution in [3.8, 4) is 23.0 Å². The van der Waals surface area contributed by atoms with Crippen molar-refractivity contribution in [3.63, 3.8) is 0 Å². The smallest absolute Gasteiger partial charge is 0.166 e. The van der Waals surface area contributed by atoms with Crippen molar-refractivity contribution in [2.24, 2.45) is 0 Å². The molecule has 26 heavy (non-hydrogen) atoms. The van der Waals surface area contributed by atoms with Gasteiger partial charge in [-0.25, -0.2) is 0 Å². The number of phenolic OH excluding ortho intramolecular Hbond substituents is 3. The molecule has 0 fully saturated rings. The zero-order valence-corrected chi connectivity index (χ0v) is 15.2. The summed E-state index contributed by atoms with van der Waals surface area (Å²) in [5.41, 5.74) is 2.68. The second-order valence-electron chi connectivity index (χ2n) is 6.37. The SMILES string of the molecule is COc1ccc(C(=O)CCc2ccc(O)c(O)c2)c(O)c1CC=C(C)C. The van der Waals surface area contributed by atoms with Crippen LogP contribution in [0.3, 0.4) is 0 Å². The maximum absolute atomic E-state index is 12.6. The van der Waals surface area contributed by atoms with Gasteiger partial charge in [0, 0.05) is 12.0 Å². The first-order valence-electron chi connectivity index (χ1n) is 8.39. The normalized spacial score (nSPS) is 10.4. The molecule has 0 aliphatic heterocycles. The summed E-state index contributed by atoms with van der Waals surface area (Å²) in [5.74, 6) is -0.125. The maximum atomic E-state index is 12.6. The molecule has 0 saturated heterocycles. The van der Waals surface area contributed by atoms with Crippen molar-refractivity contribution in [2.45, 2.75) is 33.1 Å². The Morgan fingerprint density at radius 3 is 2.42 bits per heavy atom. The highest BCUT2D eigenvalue weighted by atomic mass is 16.5. The summed E-state index contributed by atoms with van der Waals surface area (Å²) in [4.78, 5) is 12.6. The number of rotatable bonds is 7. The van der Waals surface area contributed by atoms with Crippen LogP contribution in [-0.4, -0.2) is 28.2 Å². The molecule has 0 amide bonds. The van der Waals surface area contributed by atoms with E-state index < -0.39 is 0 Å². The number of allylic oxidation sites excluding steroid dienone is 2. The lowest BCUT2D eigenvalue weighted by atomic mass is 9.97. The maximum Gasteiger partial charge on any atom is 0.166 e. The Labute approximate surface area is 153 Å². The summed E-state index contributed by atoms with van der Waals surface area (Å²) in [7, 11) is 1.53. The van der Waals surface area contributed by atoms with E-state index in [1.165, 1.54) is 19.2 Å². The van der Waals surface area contributed by atoms with E-state index in [0.29, 0.717) is 24.2 Å². The Kier molecular flexibility index (Phi) is 6.28. The Bertz CT molecular complexity index is 833. The molecule has 0 aliphatic carbocycles. The predicted molar refractivity (Wildman–Crippen MR) is 100 cm³/mol. The topological polar surface area (TPSA) is 87.0 Å². The third-order valence-electron chi connectivity index (χ3n) is 4.16. The van der Waals surface area contributed by atoms with E-state index in [2.05, 4.69) is 0 Å². The molecular formula is C21H24O5. The number of methoxy groups -OCH3 is 1. The number of hydrogen-bond donors (Lipinski definition) is 3. The van der Waals surface area contributed by atoms with Crippen LogP contribution in [0.1, 0.15) is 41.8 Å². The molecule has 138 valence electrons. The van der Waals surface area contributed by atoms with Gasteiger partial charge >= 0.3 is 0 Å². The van der Waals surface area contributed by atoms with Crippen LogP contribution in [0.25, 0.3) is 0 Å². The number of benzene rings is 2. The summed E-state index contributed by atoms with van der Waals surface area (Å²) in [5, 5.41) is 29.4. The number of aryl methyl sites for hydroxylation is 1. The molecule has 3 N–H and O–H groups in total. The number of hydrogen-bond acceptors (Lipinski definition) is 5. The quantitative estimate of drug-likeness (QED) is 0.394. The lowest BCUT2D eigenvalue weighted by molar-refractivity contribution is 0.0980. The third-order valence-corrected chi connectivity index (χ3v) is 4.16. The minimum absolute atomic E-state index is 0.0552. The fraction of sp³-hybridized carbons (Fsp3) is 0.286. The van der Waals surface area contributed by atoms with E-state index in [0.717, 1.165) is 11.1 Å². The van der Waals surface area contributed by atoms with Crippen molar-refractivity contribution in [1.82, 2.24) is 0 Å². The number of carbonyl (C=O) groups is 1. The molecule has 0 radical (unpaired) electrons. The van der Waals surface area contributed by atoms with E-state index in [1.807, 2.05) is 19.9 Å². The molecule has 5 heteroatoms. The fourth-order valence-electron chi connectivity index (χ4n) is 2.65. The standard InChI is InChI=1S/C21H24O5/c1-13(2)4-7-16-20(26-3)11-8-15(21(16)25)17(22)9-5-14-6-10-18(23)19(24)12-14/h4,6,8,10-12,23-25H,5,7,9H2,1-3H3. The van der Waals surface area contributed by atoms with Crippen LogP contribution in [0.5, 0.6) is 23.0 Å². The van der Waals surface area contributed by atoms with Gasteiger partial charge in [0.2, 0.25) is 0 Å². The van der Waals surface area contributed by atoms with E-state index in [9.17, 15) is 20.1 Å². The van der Waals surface area contributed by atoms with Crippen LogP contribution >= 0.6 is 0 Å². The summed E-state index contributed by atoms with van der Waals surface area (Å²) in [6.07, 6.45) is 3.00. The zero-order chi connectivity index (χ0) is 19.3. The molecule has 0 heterocycles. The Morgan fingerprint density at radius 1 is 1.08 bits per heavy atom. The molecule has 0 bridgehead atoms. The van der Waals surface area contributed by atoms with E-state index in [-0.39, 0.29) is 35.0 Å². The van der Waals surface area contributed by atoms with Crippen LogP contribution < -0.4 is 4.74 Å². The van der Waals surface area contributed by atoms with E-state index in [1.54, 1.807) is 18.2 Å². The number of ketones is 1.